The van der Waals surface area contributed by atoms with Gasteiger partial charge >= 0.3 is 5.97 Å². The molecule has 4 aromatic carbocycles. The van der Waals surface area contributed by atoms with E-state index in [1.54, 1.807) is 0 Å². The van der Waals surface area contributed by atoms with Gasteiger partial charge in [0, 0.05) is 0 Å². The largest absolute Gasteiger partial charge is 0.478 e. The predicted molar refractivity (Wildman–Crippen MR) is 127 cm³/mol. The van der Waals surface area contributed by atoms with Crippen LogP contribution in [0.2, 0.25) is 0 Å². The molecule has 1 N–H and O–H groups in total. The molecule has 0 atom stereocenters. The Labute approximate surface area is 200 Å². The molecule has 6 heteroatoms. The molecule has 0 aliphatic rings. The number of carbonyl (C=O) groups is 1. The number of aromatic carboxylic acids is 1. The maximum atomic E-state index is 14.7. The highest BCUT2D eigenvalue weighted by Crippen LogP contribution is 2.41. The smallest absolute Gasteiger partial charge is 0.338 e. The first-order valence-corrected chi connectivity index (χ1v) is 10.8. The molecule has 0 unspecified atom stereocenters. The third kappa shape index (κ3) is 4.48. The van der Waals surface area contributed by atoms with Gasteiger partial charge in [0.05, 0.1) is 12.2 Å². The third-order valence-corrected chi connectivity index (χ3v) is 5.75. The zero-order chi connectivity index (χ0) is 25.0. The van der Waals surface area contributed by atoms with E-state index >= 15 is 0 Å². The molecule has 4 rings (SSSR count). The van der Waals surface area contributed by atoms with Gasteiger partial charge in [-0.15, -0.1) is 0 Å². The summed E-state index contributed by atoms with van der Waals surface area (Å²) in [5.74, 6) is -6.29. The van der Waals surface area contributed by atoms with E-state index in [1.807, 2.05) is 91.0 Å². The van der Waals surface area contributed by atoms with Gasteiger partial charge in [-0.2, -0.15) is 0 Å². The molecule has 0 heterocycles. The predicted octanol–water partition coefficient (Wildman–Crippen LogP) is 6.82. The van der Waals surface area contributed by atoms with Crippen molar-refractivity contribution >= 4 is 11.5 Å². The highest BCUT2D eigenvalue weighted by molar-refractivity contribution is 5.88. The van der Waals surface area contributed by atoms with E-state index in [4.69, 9.17) is 9.84 Å². The fourth-order valence-electron chi connectivity index (χ4n) is 4.11. The summed E-state index contributed by atoms with van der Waals surface area (Å²) in [6.45, 7) is 3.35. The monoisotopic (exact) mass is 474 g/mol. The fourth-order valence-corrected chi connectivity index (χ4v) is 4.11. The highest BCUT2D eigenvalue weighted by Gasteiger charge is 2.38. The molecule has 0 saturated heterocycles. The fraction of sp³-hybridized carbons (Fsp3) is 0.0690. The molecular weight excluding hydrogens is 453 g/mol. The van der Waals surface area contributed by atoms with Gasteiger partial charge in [0.1, 0.15) is 17.0 Å². The number of carboxylic acid groups (broad SMARTS) is 1. The Kier molecular flexibility index (Phi) is 6.85. The van der Waals surface area contributed by atoms with E-state index in [1.165, 1.54) is 0 Å². The van der Waals surface area contributed by atoms with Crippen LogP contribution in [0, 0.1) is 17.5 Å². The lowest BCUT2D eigenvalue weighted by Gasteiger charge is -2.36. The van der Waals surface area contributed by atoms with Gasteiger partial charge in [0.2, 0.25) is 0 Å². The standard InChI is InChI=1S/C29H21F3O3/c1-19(25-24(30)17-23(28(33)34)26(31)27(25)32)18-35-29(20-11-5-2-6-12-20,21-13-7-3-8-14-21)22-15-9-4-10-16-22/h2-17H,1,18H2,(H,33,34). The lowest BCUT2D eigenvalue weighted by atomic mass is 9.80. The van der Waals surface area contributed by atoms with E-state index in [2.05, 4.69) is 6.58 Å². The van der Waals surface area contributed by atoms with Crippen LogP contribution in [0.4, 0.5) is 13.2 Å². The number of ether oxygens (including phenoxy) is 1. The van der Waals surface area contributed by atoms with Crippen molar-refractivity contribution in [2.75, 3.05) is 6.61 Å². The summed E-state index contributed by atoms with van der Waals surface area (Å²) in [6, 6.07) is 28.4. The average molecular weight is 474 g/mol. The van der Waals surface area contributed by atoms with Crippen LogP contribution in [0.1, 0.15) is 32.6 Å². The van der Waals surface area contributed by atoms with E-state index in [0.29, 0.717) is 6.07 Å². The van der Waals surface area contributed by atoms with Crippen LogP contribution in [-0.4, -0.2) is 17.7 Å². The first-order valence-electron chi connectivity index (χ1n) is 10.8. The van der Waals surface area contributed by atoms with Crippen LogP contribution in [0.3, 0.4) is 0 Å². The minimum absolute atomic E-state index is 0.178. The molecular formula is C29H21F3O3. The maximum Gasteiger partial charge on any atom is 0.338 e. The minimum Gasteiger partial charge on any atom is -0.478 e. The molecule has 0 bridgehead atoms. The van der Waals surface area contributed by atoms with E-state index in [-0.39, 0.29) is 12.2 Å². The summed E-state index contributed by atoms with van der Waals surface area (Å²) in [5, 5.41) is 9.01. The van der Waals surface area contributed by atoms with Crippen molar-refractivity contribution in [2.45, 2.75) is 5.60 Å². The van der Waals surface area contributed by atoms with Gasteiger partial charge < -0.3 is 9.84 Å². The van der Waals surface area contributed by atoms with Crippen LogP contribution in [0.15, 0.2) is 104 Å². The minimum atomic E-state index is -1.77. The summed E-state index contributed by atoms with van der Waals surface area (Å²) < 4.78 is 50.2. The Balaban J connectivity index is 1.82. The summed E-state index contributed by atoms with van der Waals surface area (Å²) in [6.07, 6.45) is 0. The molecule has 176 valence electrons. The van der Waals surface area contributed by atoms with Crippen molar-refractivity contribution in [2.24, 2.45) is 0 Å². The second-order valence-corrected chi connectivity index (χ2v) is 7.89. The first-order chi connectivity index (χ1) is 16.9. The van der Waals surface area contributed by atoms with Crippen LogP contribution in [0.5, 0.6) is 0 Å². The van der Waals surface area contributed by atoms with Crippen LogP contribution in [0.25, 0.3) is 5.57 Å². The van der Waals surface area contributed by atoms with Crippen LogP contribution < -0.4 is 0 Å². The quantitative estimate of drug-likeness (QED) is 0.225. The molecule has 0 aliphatic heterocycles. The summed E-state index contributed by atoms with van der Waals surface area (Å²) >= 11 is 0. The Morgan fingerprint density at radius 2 is 1.20 bits per heavy atom. The number of hydrogen-bond donors (Lipinski definition) is 1. The van der Waals surface area contributed by atoms with E-state index in [9.17, 15) is 18.0 Å². The molecule has 0 aliphatic carbocycles. The van der Waals surface area contributed by atoms with Crippen molar-refractivity contribution in [3.8, 4) is 0 Å². The van der Waals surface area contributed by atoms with Crippen molar-refractivity contribution in [3.63, 3.8) is 0 Å². The molecule has 35 heavy (non-hydrogen) atoms. The van der Waals surface area contributed by atoms with Gasteiger partial charge in [-0.05, 0) is 28.3 Å². The molecule has 0 amide bonds. The van der Waals surface area contributed by atoms with Gasteiger partial charge in [-0.1, -0.05) is 97.6 Å². The third-order valence-electron chi connectivity index (χ3n) is 5.75. The van der Waals surface area contributed by atoms with E-state index < -0.39 is 40.1 Å². The van der Waals surface area contributed by atoms with Crippen LogP contribution >= 0.6 is 0 Å². The number of halogens is 3. The van der Waals surface area contributed by atoms with Crippen molar-refractivity contribution in [3.05, 3.63) is 149 Å². The van der Waals surface area contributed by atoms with Crippen molar-refractivity contribution in [1.29, 1.82) is 0 Å². The molecule has 0 fully saturated rings. The lowest BCUT2D eigenvalue weighted by Crippen LogP contribution is -2.33. The maximum absolute atomic E-state index is 14.7. The Morgan fingerprint density at radius 3 is 1.60 bits per heavy atom. The Hall–Kier alpha value is -4.16. The number of rotatable bonds is 8. The molecule has 3 nitrogen and oxygen atoms in total. The first kappa shape index (κ1) is 24.0. The lowest BCUT2D eigenvalue weighted by molar-refractivity contribution is 0.0354. The zero-order valence-electron chi connectivity index (χ0n) is 18.5. The SMILES string of the molecule is C=C(COC(c1ccccc1)(c1ccccc1)c1ccccc1)c1c(F)cc(C(=O)O)c(F)c1F. The molecule has 0 aromatic heterocycles. The molecule has 0 radical (unpaired) electrons. The van der Waals surface area contributed by atoms with Crippen molar-refractivity contribution < 1.29 is 27.8 Å². The van der Waals surface area contributed by atoms with Crippen molar-refractivity contribution in [1.82, 2.24) is 0 Å². The van der Waals surface area contributed by atoms with Gasteiger partial charge in [-0.25, -0.2) is 18.0 Å². The second-order valence-electron chi connectivity index (χ2n) is 7.89. The normalized spacial score (nSPS) is 11.3. The van der Waals surface area contributed by atoms with Gasteiger partial charge in [-0.3, -0.25) is 0 Å². The highest BCUT2D eigenvalue weighted by atomic mass is 19.2. The number of hydrogen-bond acceptors (Lipinski definition) is 2. The van der Waals surface area contributed by atoms with Gasteiger partial charge in [0.15, 0.2) is 11.6 Å². The molecule has 4 aromatic rings. The molecule has 0 spiro atoms. The summed E-state index contributed by atoms with van der Waals surface area (Å²) in [7, 11) is 0. The molecule has 0 saturated carbocycles. The van der Waals surface area contributed by atoms with Crippen LogP contribution in [-0.2, 0) is 10.3 Å². The number of benzene rings is 4. The topological polar surface area (TPSA) is 46.5 Å². The zero-order valence-corrected chi connectivity index (χ0v) is 18.5. The summed E-state index contributed by atoms with van der Waals surface area (Å²) in [4.78, 5) is 11.1. The van der Waals surface area contributed by atoms with E-state index in [0.717, 1.165) is 16.7 Å². The Bertz CT molecular complexity index is 1260. The average Bonchev–Trinajstić information content (AvgIpc) is 2.88. The Morgan fingerprint density at radius 1 is 0.771 bits per heavy atom. The number of carboxylic acids is 1. The summed E-state index contributed by atoms with van der Waals surface area (Å²) in [5.41, 5.74) is -0.918. The van der Waals surface area contributed by atoms with Gasteiger partial charge in [0.25, 0.3) is 0 Å². The second kappa shape index (κ2) is 9.99.